The van der Waals surface area contributed by atoms with Gasteiger partial charge in [0.2, 0.25) is 15.5 Å². The molecular formula is C25H27N3O4S. The number of amides is 1. The van der Waals surface area contributed by atoms with Gasteiger partial charge in [-0.2, -0.15) is 4.31 Å². The molecule has 8 heteroatoms. The van der Waals surface area contributed by atoms with E-state index in [4.69, 9.17) is 0 Å². The summed E-state index contributed by atoms with van der Waals surface area (Å²) in [6.45, 7) is 4.49. The summed E-state index contributed by atoms with van der Waals surface area (Å²) < 4.78 is 30.3. The van der Waals surface area contributed by atoms with Crippen molar-refractivity contribution in [2.75, 3.05) is 19.6 Å². The Labute approximate surface area is 193 Å². The molecule has 1 amide bonds. The maximum atomic E-state index is 13.5. The van der Waals surface area contributed by atoms with Gasteiger partial charge in [-0.05, 0) is 55.5 Å². The first kappa shape index (κ1) is 21.9. The highest BCUT2D eigenvalue weighted by Crippen LogP contribution is 2.27. The second-order valence-electron chi connectivity index (χ2n) is 8.69. The first-order chi connectivity index (χ1) is 15.9. The van der Waals surface area contributed by atoms with Gasteiger partial charge >= 0.3 is 0 Å². The molecule has 2 aliphatic heterocycles. The van der Waals surface area contributed by atoms with Gasteiger partial charge in [0, 0.05) is 44.3 Å². The number of carbonyl (C=O) groups excluding carboxylic acids is 1. The number of carbonyl (C=O) groups is 1. The van der Waals surface area contributed by atoms with Gasteiger partial charge in [-0.3, -0.25) is 9.59 Å². The zero-order chi connectivity index (χ0) is 23.2. The molecule has 0 radical (unpaired) electrons. The van der Waals surface area contributed by atoms with Gasteiger partial charge in [-0.15, -0.1) is 0 Å². The second kappa shape index (κ2) is 8.43. The number of pyridine rings is 1. The Hall–Kier alpha value is -2.97. The van der Waals surface area contributed by atoms with Gasteiger partial charge in [0.1, 0.15) is 5.56 Å². The molecule has 0 bridgehead atoms. The Morgan fingerprint density at radius 1 is 1.00 bits per heavy atom. The van der Waals surface area contributed by atoms with Crippen LogP contribution < -0.4 is 5.43 Å². The Bertz CT molecular complexity index is 1400. The van der Waals surface area contributed by atoms with Crippen LogP contribution in [0.4, 0.5) is 0 Å². The van der Waals surface area contributed by atoms with E-state index in [0.29, 0.717) is 44.7 Å². The van der Waals surface area contributed by atoms with Crippen molar-refractivity contribution >= 4 is 26.8 Å². The smallest absolute Gasteiger partial charge is 0.259 e. The normalized spacial score (nSPS) is 16.8. The van der Waals surface area contributed by atoms with E-state index in [1.165, 1.54) is 15.9 Å². The summed E-state index contributed by atoms with van der Waals surface area (Å²) in [6, 6.07) is 12.5. The predicted octanol–water partition coefficient (Wildman–Crippen LogP) is 3.00. The molecule has 5 rings (SSSR count). The minimum Gasteiger partial charge on any atom is -0.347 e. The van der Waals surface area contributed by atoms with E-state index in [0.717, 1.165) is 18.4 Å². The van der Waals surface area contributed by atoms with Gasteiger partial charge in [0.05, 0.1) is 10.4 Å². The largest absolute Gasteiger partial charge is 0.347 e. The molecule has 0 spiro atoms. The van der Waals surface area contributed by atoms with Crippen LogP contribution in [0, 0.1) is 0 Å². The van der Waals surface area contributed by atoms with Crippen LogP contribution in [0.2, 0.25) is 0 Å². The van der Waals surface area contributed by atoms with Crippen LogP contribution in [0.5, 0.6) is 0 Å². The average molecular weight is 466 g/mol. The van der Waals surface area contributed by atoms with Crippen molar-refractivity contribution in [2.45, 2.75) is 44.2 Å². The molecule has 0 N–H and O–H groups in total. The molecule has 7 nitrogen and oxygen atoms in total. The minimum atomic E-state index is -3.79. The fraction of sp³-hybridized carbons (Fsp3) is 0.360. The molecule has 3 heterocycles. The summed E-state index contributed by atoms with van der Waals surface area (Å²) in [6.07, 6.45) is 4.13. The molecule has 2 aromatic carbocycles. The fourth-order valence-electron chi connectivity index (χ4n) is 4.87. The van der Waals surface area contributed by atoms with Crippen molar-refractivity contribution in [1.29, 1.82) is 0 Å². The van der Waals surface area contributed by atoms with Gasteiger partial charge in [-0.1, -0.05) is 24.3 Å². The number of rotatable bonds is 4. The zero-order valence-electron chi connectivity index (χ0n) is 18.7. The monoisotopic (exact) mass is 465 g/mol. The Morgan fingerprint density at radius 3 is 2.45 bits per heavy atom. The molecular weight excluding hydrogens is 438 g/mol. The summed E-state index contributed by atoms with van der Waals surface area (Å²) in [4.78, 5) is 28.1. The van der Waals surface area contributed by atoms with Crippen LogP contribution in [0.15, 0.2) is 58.4 Å². The molecule has 0 unspecified atom stereocenters. The van der Waals surface area contributed by atoms with Crippen LogP contribution >= 0.6 is 0 Å². The van der Waals surface area contributed by atoms with Crippen LogP contribution in [-0.4, -0.2) is 47.7 Å². The molecule has 3 aromatic rings. The number of nitrogens with zero attached hydrogens (tertiary/aromatic N) is 3. The van der Waals surface area contributed by atoms with Crippen molar-refractivity contribution < 1.29 is 13.2 Å². The van der Waals surface area contributed by atoms with E-state index in [1.54, 1.807) is 23.2 Å². The van der Waals surface area contributed by atoms with Crippen LogP contribution in [0.1, 0.15) is 41.3 Å². The van der Waals surface area contributed by atoms with Crippen LogP contribution in [0.25, 0.3) is 10.9 Å². The number of likely N-dealkylation sites (tertiary alicyclic amines) is 1. The van der Waals surface area contributed by atoms with Gasteiger partial charge in [-0.25, -0.2) is 8.42 Å². The number of hydrogen-bond donors (Lipinski definition) is 0. The molecule has 33 heavy (non-hydrogen) atoms. The molecule has 2 aliphatic rings. The number of benzene rings is 2. The van der Waals surface area contributed by atoms with Crippen molar-refractivity contribution in [2.24, 2.45) is 0 Å². The topological polar surface area (TPSA) is 79.7 Å². The zero-order valence-corrected chi connectivity index (χ0v) is 19.5. The van der Waals surface area contributed by atoms with E-state index >= 15 is 0 Å². The minimum absolute atomic E-state index is 0.0832. The Morgan fingerprint density at radius 2 is 1.73 bits per heavy atom. The SMILES string of the molecule is CCn1cc(C(=O)N2CCCC2)c(=O)c2cc(S(=O)(=O)N3CCc4ccccc4C3)ccc21. The number of hydrogen-bond acceptors (Lipinski definition) is 4. The second-order valence-corrected chi connectivity index (χ2v) is 10.6. The Balaban J connectivity index is 1.58. The quantitative estimate of drug-likeness (QED) is 0.593. The van der Waals surface area contributed by atoms with E-state index < -0.39 is 15.5 Å². The molecule has 0 atom stereocenters. The maximum absolute atomic E-state index is 13.5. The lowest BCUT2D eigenvalue weighted by molar-refractivity contribution is 0.0791. The highest BCUT2D eigenvalue weighted by Gasteiger charge is 2.29. The predicted molar refractivity (Wildman–Crippen MR) is 127 cm³/mol. The lowest BCUT2D eigenvalue weighted by Crippen LogP contribution is -2.36. The summed E-state index contributed by atoms with van der Waals surface area (Å²) in [7, 11) is -3.79. The summed E-state index contributed by atoms with van der Waals surface area (Å²) in [5.41, 5.74) is 2.49. The number of fused-ring (bicyclic) bond motifs is 2. The van der Waals surface area contributed by atoms with Gasteiger partial charge < -0.3 is 9.47 Å². The van der Waals surface area contributed by atoms with Crippen molar-refractivity contribution in [1.82, 2.24) is 13.8 Å². The third-order valence-corrected chi connectivity index (χ3v) is 8.59. The van der Waals surface area contributed by atoms with Crippen LogP contribution in [0.3, 0.4) is 0 Å². The number of sulfonamides is 1. The molecule has 172 valence electrons. The third kappa shape index (κ3) is 3.77. The summed E-state index contributed by atoms with van der Waals surface area (Å²) in [5, 5.41) is 0.264. The first-order valence-electron chi connectivity index (χ1n) is 11.4. The lowest BCUT2D eigenvalue weighted by atomic mass is 10.0. The highest BCUT2D eigenvalue weighted by molar-refractivity contribution is 7.89. The molecule has 1 saturated heterocycles. The van der Waals surface area contributed by atoms with Crippen molar-refractivity contribution in [3.63, 3.8) is 0 Å². The maximum Gasteiger partial charge on any atom is 0.259 e. The highest BCUT2D eigenvalue weighted by atomic mass is 32.2. The van der Waals surface area contributed by atoms with E-state index in [9.17, 15) is 18.0 Å². The lowest BCUT2D eigenvalue weighted by Gasteiger charge is -2.28. The van der Waals surface area contributed by atoms with Gasteiger partial charge in [0.15, 0.2) is 0 Å². The standard InChI is InChI=1S/C25H27N3O4S/c1-2-26-17-22(25(30)27-12-5-6-13-27)24(29)21-15-20(9-10-23(21)26)33(31,32)28-14-11-18-7-3-4-8-19(18)16-28/h3-4,7-10,15,17H,2,5-6,11-14,16H2,1H3. The average Bonchev–Trinajstić information content (AvgIpc) is 3.38. The summed E-state index contributed by atoms with van der Waals surface area (Å²) >= 11 is 0. The molecule has 1 fully saturated rings. The molecule has 0 saturated carbocycles. The Kier molecular flexibility index (Phi) is 5.58. The molecule has 1 aromatic heterocycles. The van der Waals surface area contributed by atoms with E-state index in [-0.39, 0.29) is 21.8 Å². The first-order valence-corrected chi connectivity index (χ1v) is 12.9. The number of aromatic nitrogens is 1. The van der Waals surface area contributed by atoms with E-state index in [1.807, 2.05) is 35.8 Å². The van der Waals surface area contributed by atoms with Crippen molar-refractivity contribution in [3.05, 3.63) is 75.6 Å². The molecule has 0 aliphatic carbocycles. The van der Waals surface area contributed by atoms with Crippen LogP contribution in [-0.2, 0) is 29.5 Å². The summed E-state index contributed by atoms with van der Waals surface area (Å²) in [5.74, 6) is -0.275. The third-order valence-electron chi connectivity index (χ3n) is 6.75. The fourth-order valence-corrected chi connectivity index (χ4v) is 6.31. The van der Waals surface area contributed by atoms with E-state index in [2.05, 4.69) is 0 Å². The number of aryl methyl sites for hydroxylation is 1. The van der Waals surface area contributed by atoms with Gasteiger partial charge in [0.25, 0.3) is 5.91 Å². The van der Waals surface area contributed by atoms with Crippen molar-refractivity contribution in [3.8, 4) is 0 Å².